The van der Waals surface area contributed by atoms with Crippen molar-refractivity contribution in [2.24, 2.45) is 0 Å². The highest BCUT2D eigenvalue weighted by Crippen LogP contribution is 2.24. The van der Waals surface area contributed by atoms with Gasteiger partial charge in [0.1, 0.15) is 0 Å². The molecule has 2 saturated heterocycles. The van der Waals surface area contributed by atoms with E-state index in [9.17, 15) is 0 Å². The summed E-state index contributed by atoms with van der Waals surface area (Å²) in [6.07, 6.45) is 6.92. The van der Waals surface area contributed by atoms with Gasteiger partial charge in [-0.15, -0.1) is 0 Å². The number of hydrogen-bond acceptors (Lipinski definition) is 3. The van der Waals surface area contributed by atoms with Crippen LogP contribution >= 0.6 is 11.8 Å². The van der Waals surface area contributed by atoms with Crippen LogP contribution in [-0.4, -0.2) is 48.6 Å². The Hall–Kier alpha value is 0.270. The first-order valence-corrected chi connectivity index (χ1v) is 7.54. The molecule has 0 aromatic heterocycles. The first-order chi connectivity index (χ1) is 7.38. The third-order valence-electron chi connectivity index (χ3n) is 3.89. The van der Waals surface area contributed by atoms with E-state index in [2.05, 4.69) is 29.0 Å². The van der Waals surface area contributed by atoms with Gasteiger partial charge in [0, 0.05) is 12.1 Å². The molecule has 1 N–H and O–H groups in total. The molecule has 15 heavy (non-hydrogen) atoms. The fourth-order valence-electron chi connectivity index (χ4n) is 2.80. The molecule has 0 amide bonds. The average Bonchev–Trinajstić information content (AvgIpc) is 2.58. The maximum Gasteiger partial charge on any atom is 0.0111 e. The second kappa shape index (κ2) is 6.12. The first-order valence-electron chi connectivity index (χ1n) is 6.38. The van der Waals surface area contributed by atoms with Crippen molar-refractivity contribution < 1.29 is 0 Å². The Morgan fingerprint density at radius 2 is 1.73 bits per heavy atom. The van der Waals surface area contributed by atoms with Gasteiger partial charge in [0.15, 0.2) is 0 Å². The lowest BCUT2D eigenvalue weighted by molar-refractivity contribution is 0.151. The van der Waals surface area contributed by atoms with Crippen LogP contribution in [0.4, 0.5) is 0 Å². The predicted molar refractivity (Wildman–Crippen MR) is 68.6 cm³/mol. The van der Waals surface area contributed by atoms with Crippen molar-refractivity contribution in [3.63, 3.8) is 0 Å². The Labute approximate surface area is 98.2 Å². The number of thioether (sulfide) groups is 1. The standard InChI is InChI=1S/C12H24N2S/c1-14(12-5-9-15-10-6-12)11-3-2-7-13-8-4-11/h11-13H,2-10H2,1H3. The lowest BCUT2D eigenvalue weighted by Gasteiger charge is -2.36. The Balaban J connectivity index is 1.83. The minimum atomic E-state index is 0.841. The highest BCUT2D eigenvalue weighted by molar-refractivity contribution is 7.99. The van der Waals surface area contributed by atoms with E-state index < -0.39 is 0 Å². The number of nitrogens with one attached hydrogen (secondary N) is 1. The van der Waals surface area contributed by atoms with E-state index in [4.69, 9.17) is 0 Å². The van der Waals surface area contributed by atoms with E-state index in [-0.39, 0.29) is 0 Å². The lowest BCUT2D eigenvalue weighted by Crippen LogP contribution is -2.42. The molecule has 0 aliphatic carbocycles. The zero-order valence-electron chi connectivity index (χ0n) is 9.87. The van der Waals surface area contributed by atoms with Crippen molar-refractivity contribution in [1.82, 2.24) is 10.2 Å². The van der Waals surface area contributed by atoms with Crippen LogP contribution in [0, 0.1) is 0 Å². The van der Waals surface area contributed by atoms with Crippen LogP contribution in [0.15, 0.2) is 0 Å². The fourth-order valence-corrected chi connectivity index (χ4v) is 3.88. The highest BCUT2D eigenvalue weighted by atomic mass is 32.2. The number of rotatable bonds is 2. The molecule has 2 heterocycles. The molecule has 0 saturated carbocycles. The van der Waals surface area contributed by atoms with E-state index in [1.165, 1.54) is 56.7 Å². The Kier molecular flexibility index (Phi) is 4.79. The largest absolute Gasteiger partial charge is 0.317 e. The van der Waals surface area contributed by atoms with Crippen LogP contribution in [0.3, 0.4) is 0 Å². The molecule has 0 spiro atoms. The van der Waals surface area contributed by atoms with Crippen LogP contribution in [0.1, 0.15) is 32.1 Å². The van der Waals surface area contributed by atoms with Gasteiger partial charge in [-0.25, -0.2) is 0 Å². The van der Waals surface area contributed by atoms with Gasteiger partial charge in [-0.1, -0.05) is 0 Å². The minimum absolute atomic E-state index is 0.841. The molecular formula is C12H24N2S. The van der Waals surface area contributed by atoms with E-state index >= 15 is 0 Å². The second-order valence-corrected chi connectivity index (χ2v) is 6.07. The van der Waals surface area contributed by atoms with Crippen molar-refractivity contribution in [2.45, 2.75) is 44.2 Å². The average molecular weight is 228 g/mol. The van der Waals surface area contributed by atoms with Gasteiger partial charge < -0.3 is 10.2 Å². The molecule has 0 radical (unpaired) electrons. The summed E-state index contributed by atoms with van der Waals surface area (Å²) in [6, 6.07) is 1.71. The van der Waals surface area contributed by atoms with E-state index in [0.29, 0.717) is 0 Å². The maximum atomic E-state index is 3.50. The first kappa shape index (κ1) is 11.7. The zero-order chi connectivity index (χ0) is 10.5. The summed E-state index contributed by atoms with van der Waals surface area (Å²) in [5.74, 6) is 2.75. The summed E-state index contributed by atoms with van der Waals surface area (Å²) in [6.45, 7) is 2.45. The third-order valence-corrected chi connectivity index (χ3v) is 4.94. The molecule has 0 aromatic carbocycles. The Bertz CT molecular complexity index is 172. The molecule has 2 nitrogen and oxygen atoms in total. The van der Waals surface area contributed by atoms with Crippen molar-refractivity contribution in [2.75, 3.05) is 31.6 Å². The smallest absolute Gasteiger partial charge is 0.0111 e. The normalized spacial score (nSPS) is 30.4. The van der Waals surface area contributed by atoms with E-state index in [1.54, 1.807) is 0 Å². The van der Waals surface area contributed by atoms with Gasteiger partial charge >= 0.3 is 0 Å². The van der Waals surface area contributed by atoms with Crippen molar-refractivity contribution >= 4 is 11.8 Å². The Morgan fingerprint density at radius 1 is 1.00 bits per heavy atom. The number of nitrogens with zero attached hydrogens (tertiary/aromatic N) is 1. The summed E-state index contributed by atoms with van der Waals surface area (Å²) in [5, 5.41) is 3.50. The van der Waals surface area contributed by atoms with Gasteiger partial charge in [-0.2, -0.15) is 11.8 Å². The second-order valence-electron chi connectivity index (χ2n) is 4.84. The molecule has 2 rings (SSSR count). The molecule has 3 heteroatoms. The summed E-state index contributed by atoms with van der Waals surface area (Å²) in [4.78, 5) is 2.69. The Morgan fingerprint density at radius 3 is 2.53 bits per heavy atom. The molecule has 88 valence electrons. The third kappa shape index (κ3) is 3.36. The zero-order valence-corrected chi connectivity index (χ0v) is 10.7. The highest BCUT2D eigenvalue weighted by Gasteiger charge is 2.24. The molecule has 1 unspecified atom stereocenters. The van der Waals surface area contributed by atoms with Gasteiger partial charge in [0.2, 0.25) is 0 Å². The topological polar surface area (TPSA) is 15.3 Å². The van der Waals surface area contributed by atoms with Crippen LogP contribution in [0.5, 0.6) is 0 Å². The monoisotopic (exact) mass is 228 g/mol. The molecule has 0 bridgehead atoms. The minimum Gasteiger partial charge on any atom is -0.317 e. The lowest BCUT2D eigenvalue weighted by atomic mass is 10.0. The predicted octanol–water partition coefficient (Wildman–Crippen LogP) is 1.96. The van der Waals surface area contributed by atoms with E-state index in [0.717, 1.165) is 12.1 Å². The summed E-state index contributed by atoms with van der Waals surface area (Å²) >= 11 is 2.13. The molecule has 2 aliphatic rings. The fraction of sp³-hybridized carbons (Fsp3) is 1.00. The van der Waals surface area contributed by atoms with Crippen molar-refractivity contribution in [3.05, 3.63) is 0 Å². The molecule has 2 fully saturated rings. The SMILES string of the molecule is CN(C1CCCNCC1)C1CCSCC1. The molecule has 1 atom stereocenters. The summed E-state index contributed by atoms with van der Waals surface area (Å²) in [5.41, 5.74) is 0. The number of hydrogen-bond donors (Lipinski definition) is 1. The van der Waals surface area contributed by atoms with Gasteiger partial charge in [-0.3, -0.25) is 0 Å². The van der Waals surface area contributed by atoms with Crippen LogP contribution in [0.2, 0.25) is 0 Å². The van der Waals surface area contributed by atoms with Crippen LogP contribution in [-0.2, 0) is 0 Å². The summed E-state index contributed by atoms with van der Waals surface area (Å²) < 4.78 is 0. The molecule has 0 aromatic rings. The van der Waals surface area contributed by atoms with Crippen LogP contribution in [0.25, 0.3) is 0 Å². The quantitative estimate of drug-likeness (QED) is 0.778. The van der Waals surface area contributed by atoms with Gasteiger partial charge in [0.25, 0.3) is 0 Å². The molecular weight excluding hydrogens is 204 g/mol. The van der Waals surface area contributed by atoms with E-state index in [1.807, 2.05) is 0 Å². The van der Waals surface area contributed by atoms with Crippen molar-refractivity contribution in [1.29, 1.82) is 0 Å². The van der Waals surface area contributed by atoms with Gasteiger partial charge in [-0.05, 0) is 63.7 Å². The molecule has 2 aliphatic heterocycles. The van der Waals surface area contributed by atoms with Crippen molar-refractivity contribution in [3.8, 4) is 0 Å². The maximum absolute atomic E-state index is 3.50. The van der Waals surface area contributed by atoms with Crippen LogP contribution < -0.4 is 5.32 Å². The van der Waals surface area contributed by atoms with Gasteiger partial charge in [0.05, 0.1) is 0 Å². The summed E-state index contributed by atoms with van der Waals surface area (Å²) in [7, 11) is 2.36.